The molecule has 3 nitrogen and oxygen atoms in total. The molecule has 5 heteroatoms. The molecule has 0 amide bonds. The predicted octanol–water partition coefficient (Wildman–Crippen LogP) is 12.1. The van der Waals surface area contributed by atoms with Gasteiger partial charge >= 0.3 is 0 Å². The average molecular weight is 634 g/mol. The molecule has 0 bridgehead atoms. The van der Waals surface area contributed by atoms with Gasteiger partial charge in [-0.15, -0.1) is 22.7 Å². The maximum Gasteiger partial charge on any atom is 0.270 e. The maximum atomic E-state index is 9.67. The second kappa shape index (κ2) is 10.8. The topological polar surface area (TPSA) is 33.1 Å². The van der Waals surface area contributed by atoms with Crippen LogP contribution in [0.2, 0.25) is 0 Å². The van der Waals surface area contributed by atoms with Crippen LogP contribution in [-0.4, -0.2) is 4.57 Å². The maximum absolute atomic E-state index is 9.67. The Bertz CT molecular complexity index is 2640. The van der Waals surface area contributed by atoms with Crippen LogP contribution in [0.3, 0.4) is 0 Å². The lowest BCUT2D eigenvalue weighted by atomic mass is 10.0. The molecule has 0 saturated heterocycles. The molecule has 0 atom stereocenters. The van der Waals surface area contributed by atoms with Gasteiger partial charge in [-0.1, -0.05) is 78.9 Å². The van der Waals surface area contributed by atoms with Crippen LogP contribution in [0, 0.1) is 17.9 Å². The van der Waals surface area contributed by atoms with Gasteiger partial charge in [0.1, 0.15) is 0 Å². The quantitative estimate of drug-likeness (QED) is 0.140. The molecule has 218 valence electrons. The summed E-state index contributed by atoms with van der Waals surface area (Å²) < 4.78 is 2.35. The third-order valence-corrected chi connectivity index (χ3v) is 11.4. The standard InChI is InChI=1S/C42H23N3S2/c1-44-35(25-43)42-31-13-6-5-11-29(31)33-23-26(15-17-32(33)42)38-19-21-40(46-38)41-22-20-39(47-41)27-16-18-37-34(24-27)30-12-7-8-14-36(30)45(37)28-9-3-2-4-10-28/h2-24H/b42-35+. The fourth-order valence-corrected chi connectivity index (χ4v) is 8.94. The molecule has 3 heterocycles. The van der Waals surface area contributed by atoms with E-state index in [1.807, 2.05) is 29.5 Å². The Labute approximate surface area is 280 Å². The first-order valence-electron chi connectivity index (χ1n) is 15.3. The lowest BCUT2D eigenvalue weighted by Crippen LogP contribution is -1.92. The Morgan fingerprint density at radius 3 is 1.89 bits per heavy atom. The molecule has 8 aromatic rings. The molecule has 0 unspecified atom stereocenters. The number of hydrogen-bond donors (Lipinski definition) is 0. The van der Waals surface area contributed by atoms with Gasteiger partial charge in [-0.2, -0.15) is 0 Å². The largest absolute Gasteiger partial charge is 0.309 e. The minimum atomic E-state index is 0.136. The average Bonchev–Trinajstić information content (AvgIpc) is 3.93. The highest BCUT2D eigenvalue weighted by Gasteiger charge is 2.26. The Morgan fingerprint density at radius 1 is 0.553 bits per heavy atom. The van der Waals surface area contributed by atoms with Crippen molar-refractivity contribution in [2.24, 2.45) is 0 Å². The summed E-state index contributed by atoms with van der Waals surface area (Å²) in [5.74, 6) is 0. The lowest BCUT2D eigenvalue weighted by Gasteiger charge is -2.07. The molecular formula is C42H23N3S2. The summed E-state index contributed by atoms with van der Waals surface area (Å²) in [7, 11) is 0. The van der Waals surface area contributed by atoms with Crippen LogP contribution in [-0.2, 0) is 0 Å². The number of benzene rings is 5. The van der Waals surface area contributed by atoms with E-state index in [0.717, 1.165) is 39.1 Å². The van der Waals surface area contributed by atoms with Crippen molar-refractivity contribution in [1.82, 2.24) is 4.57 Å². The molecule has 1 aliphatic carbocycles. The van der Waals surface area contributed by atoms with Gasteiger partial charge in [0.05, 0.1) is 23.7 Å². The van der Waals surface area contributed by atoms with Crippen LogP contribution >= 0.6 is 22.7 Å². The van der Waals surface area contributed by atoms with Crippen molar-refractivity contribution in [3.8, 4) is 53.5 Å². The summed E-state index contributed by atoms with van der Waals surface area (Å²) in [6.45, 7) is 7.57. The van der Waals surface area contributed by atoms with Crippen LogP contribution in [0.15, 0.2) is 145 Å². The zero-order valence-corrected chi connectivity index (χ0v) is 26.6. The molecule has 0 saturated carbocycles. The third kappa shape index (κ3) is 4.30. The van der Waals surface area contributed by atoms with Gasteiger partial charge in [0.25, 0.3) is 5.70 Å². The minimum absolute atomic E-state index is 0.136. The number of nitriles is 1. The zero-order valence-electron chi connectivity index (χ0n) is 24.9. The number of rotatable bonds is 4. The molecular weight excluding hydrogens is 611 g/mol. The van der Waals surface area contributed by atoms with Gasteiger partial charge in [0, 0.05) is 41.5 Å². The highest BCUT2D eigenvalue weighted by atomic mass is 32.1. The molecule has 5 aromatic carbocycles. The molecule has 0 radical (unpaired) electrons. The number of allylic oxidation sites excluding steroid dienone is 1. The molecule has 47 heavy (non-hydrogen) atoms. The van der Waals surface area contributed by atoms with Gasteiger partial charge in [-0.25, -0.2) is 10.1 Å². The first-order valence-corrected chi connectivity index (χ1v) is 16.9. The van der Waals surface area contributed by atoms with Crippen molar-refractivity contribution in [3.05, 3.63) is 168 Å². The van der Waals surface area contributed by atoms with Crippen molar-refractivity contribution in [1.29, 1.82) is 5.26 Å². The van der Waals surface area contributed by atoms with E-state index in [2.05, 4.69) is 137 Å². The van der Waals surface area contributed by atoms with Crippen LogP contribution in [0.25, 0.3) is 79.7 Å². The van der Waals surface area contributed by atoms with Crippen molar-refractivity contribution >= 4 is 50.1 Å². The summed E-state index contributed by atoms with van der Waals surface area (Å²) in [6.07, 6.45) is 0. The number of fused-ring (bicyclic) bond motifs is 6. The molecule has 0 spiro atoms. The van der Waals surface area contributed by atoms with Gasteiger partial charge in [0.15, 0.2) is 0 Å². The van der Waals surface area contributed by atoms with E-state index < -0.39 is 0 Å². The number of thiophene rings is 2. The summed E-state index contributed by atoms with van der Waals surface area (Å²) >= 11 is 3.61. The van der Waals surface area contributed by atoms with Crippen LogP contribution in [0.5, 0.6) is 0 Å². The minimum Gasteiger partial charge on any atom is -0.309 e. The second-order valence-corrected chi connectivity index (χ2v) is 13.7. The van der Waals surface area contributed by atoms with Crippen LogP contribution in [0.4, 0.5) is 0 Å². The van der Waals surface area contributed by atoms with Crippen molar-refractivity contribution in [3.63, 3.8) is 0 Å². The first-order chi connectivity index (χ1) is 23.2. The normalized spacial score (nSPS) is 12.9. The van der Waals surface area contributed by atoms with Crippen molar-refractivity contribution in [2.45, 2.75) is 0 Å². The highest BCUT2D eigenvalue weighted by Crippen LogP contribution is 2.48. The Morgan fingerprint density at radius 2 is 1.15 bits per heavy atom. The van der Waals surface area contributed by atoms with Crippen LogP contribution in [0.1, 0.15) is 11.1 Å². The zero-order chi connectivity index (χ0) is 31.5. The molecule has 3 aromatic heterocycles. The molecule has 1 aliphatic rings. The smallest absolute Gasteiger partial charge is 0.270 e. The van der Waals surface area contributed by atoms with E-state index in [0.29, 0.717) is 0 Å². The number of aromatic nitrogens is 1. The summed E-state index contributed by atoms with van der Waals surface area (Å²) in [6, 6.07) is 51.5. The van der Waals surface area contributed by atoms with Gasteiger partial charge in [-0.05, 0) is 94.0 Å². The molecule has 9 rings (SSSR count). The molecule has 0 N–H and O–H groups in total. The third-order valence-electron chi connectivity index (χ3n) is 8.94. The fraction of sp³-hybridized carbons (Fsp3) is 0. The Hall–Kier alpha value is -5.98. The number of nitrogens with zero attached hydrogens (tertiary/aromatic N) is 3. The van der Waals surface area contributed by atoms with Gasteiger partial charge in [0.2, 0.25) is 0 Å². The SMILES string of the molecule is [C-]#[N+]/C(C#N)=C1\c2ccccc2-c2cc(-c3ccc(-c4ccc(-c5ccc6c(c5)c5ccccc5n6-c5ccccc5)s4)s3)ccc21. The van der Waals surface area contributed by atoms with Crippen molar-refractivity contribution in [2.75, 3.05) is 0 Å². The highest BCUT2D eigenvalue weighted by molar-refractivity contribution is 7.25. The predicted molar refractivity (Wildman–Crippen MR) is 197 cm³/mol. The van der Waals surface area contributed by atoms with Crippen molar-refractivity contribution < 1.29 is 0 Å². The lowest BCUT2D eigenvalue weighted by molar-refractivity contribution is 1.18. The van der Waals surface area contributed by atoms with E-state index in [1.165, 1.54) is 46.9 Å². The monoisotopic (exact) mass is 633 g/mol. The van der Waals surface area contributed by atoms with E-state index in [9.17, 15) is 5.26 Å². The summed E-state index contributed by atoms with van der Waals surface area (Å²) in [5, 5.41) is 12.2. The second-order valence-electron chi connectivity index (χ2n) is 11.5. The Balaban J connectivity index is 1.07. The summed E-state index contributed by atoms with van der Waals surface area (Å²) in [5.41, 5.74) is 10.9. The number of para-hydroxylation sites is 2. The van der Waals surface area contributed by atoms with E-state index >= 15 is 0 Å². The van der Waals surface area contributed by atoms with Crippen LogP contribution < -0.4 is 0 Å². The molecule has 0 fully saturated rings. The number of hydrogen-bond acceptors (Lipinski definition) is 3. The van der Waals surface area contributed by atoms with E-state index in [-0.39, 0.29) is 5.70 Å². The van der Waals surface area contributed by atoms with Gasteiger partial charge in [-0.3, -0.25) is 0 Å². The van der Waals surface area contributed by atoms with E-state index in [4.69, 9.17) is 6.57 Å². The molecule has 0 aliphatic heterocycles. The fourth-order valence-electron chi connectivity index (χ4n) is 6.84. The first kappa shape index (κ1) is 27.3. The summed E-state index contributed by atoms with van der Waals surface area (Å²) in [4.78, 5) is 8.46. The van der Waals surface area contributed by atoms with E-state index in [1.54, 1.807) is 11.3 Å². The van der Waals surface area contributed by atoms with Gasteiger partial charge < -0.3 is 4.57 Å². The Kier molecular flexibility index (Phi) is 6.30.